The Morgan fingerprint density at radius 2 is 1.53 bits per heavy atom. The van der Waals surface area contributed by atoms with Gasteiger partial charge in [0.25, 0.3) is 5.60 Å². The van der Waals surface area contributed by atoms with Crippen molar-refractivity contribution >= 4 is 6.08 Å². The van der Waals surface area contributed by atoms with Crippen molar-refractivity contribution in [1.82, 2.24) is 9.88 Å². The van der Waals surface area contributed by atoms with Crippen molar-refractivity contribution in [2.75, 3.05) is 13.1 Å². The lowest BCUT2D eigenvalue weighted by atomic mass is 9.90. The van der Waals surface area contributed by atoms with Gasteiger partial charge < -0.3 is 5.11 Å². The quantitative estimate of drug-likeness (QED) is 0.390. The maximum Gasteiger partial charge on any atom is 0.430 e. The molecule has 0 radical (unpaired) electrons. The summed E-state index contributed by atoms with van der Waals surface area (Å²) in [5.41, 5.74) is -1.83. The van der Waals surface area contributed by atoms with E-state index < -0.39 is 23.5 Å². The van der Waals surface area contributed by atoms with Crippen LogP contribution in [0.4, 0.5) is 26.3 Å². The SMILES string of the molecule is OC(c1ccc(-c2cccc(/C=C3\CCCN(Cc4ccncc4)C3)c2)cc1)(C(F)(F)F)C(F)(F)F. The van der Waals surface area contributed by atoms with Crippen molar-refractivity contribution < 1.29 is 31.4 Å². The van der Waals surface area contributed by atoms with Gasteiger partial charge in [0.1, 0.15) is 0 Å². The molecule has 2 aromatic carbocycles. The largest absolute Gasteiger partial charge is 0.430 e. The number of halogens is 6. The highest BCUT2D eigenvalue weighted by Gasteiger charge is 2.71. The molecule has 9 heteroatoms. The van der Waals surface area contributed by atoms with Crippen molar-refractivity contribution in [2.24, 2.45) is 0 Å². The van der Waals surface area contributed by atoms with Gasteiger partial charge in [-0.15, -0.1) is 0 Å². The van der Waals surface area contributed by atoms with Crippen molar-refractivity contribution in [1.29, 1.82) is 0 Å². The number of hydrogen-bond acceptors (Lipinski definition) is 3. The molecule has 3 nitrogen and oxygen atoms in total. The zero-order valence-corrected chi connectivity index (χ0v) is 19.2. The number of aromatic nitrogens is 1. The Hall–Kier alpha value is -3.17. The Morgan fingerprint density at radius 3 is 2.17 bits per heavy atom. The summed E-state index contributed by atoms with van der Waals surface area (Å²) in [6.07, 6.45) is -4.27. The fourth-order valence-corrected chi connectivity index (χ4v) is 4.41. The maximum atomic E-state index is 13.2. The molecule has 1 aromatic heterocycles. The van der Waals surface area contributed by atoms with Crippen LogP contribution in [-0.2, 0) is 12.1 Å². The molecule has 0 unspecified atom stereocenters. The molecule has 1 fully saturated rings. The second kappa shape index (κ2) is 10.1. The zero-order chi connectivity index (χ0) is 26.0. The second-order valence-corrected chi connectivity index (χ2v) is 8.88. The summed E-state index contributed by atoms with van der Waals surface area (Å²) < 4.78 is 78.9. The molecular weight excluding hydrogens is 482 g/mol. The van der Waals surface area contributed by atoms with E-state index in [9.17, 15) is 31.4 Å². The summed E-state index contributed by atoms with van der Waals surface area (Å²) in [5.74, 6) is 0. The molecule has 0 bridgehead atoms. The van der Waals surface area contributed by atoms with Crippen LogP contribution < -0.4 is 0 Å². The topological polar surface area (TPSA) is 36.4 Å². The van der Waals surface area contributed by atoms with Crippen LogP contribution in [0, 0.1) is 0 Å². The van der Waals surface area contributed by atoms with Crippen LogP contribution >= 0.6 is 0 Å². The minimum absolute atomic E-state index is 0.439. The minimum atomic E-state index is -5.91. The number of pyridine rings is 1. The summed E-state index contributed by atoms with van der Waals surface area (Å²) in [4.78, 5) is 6.38. The average Bonchev–Trinajstić information content (AvgIpc) is 2.83. The van der Waals surface area contributed by atoms with Gasteiger partial charge in [0.05, 0.1) is 0 Å². The highest BCUT2D eigenvalue weighted by Crippen LogP contribution is 2.50. The predicted octanol–water partition coefficient (Wildman–Crippen LogP) is 6.74. The van der Waals surface area contributed by atoms with Gasteiger partial charge in [0, 0.05) is 31.0 Å². The van der Waals surface area contributed by atoms with Crippen LogP contribution in [0.5, 0.6) is 0 Å². The number of hydrogen-bond donors (Lipinski definition) is 1. The Labute approximate surface area is 204 Å². The molecule has 1 saturated heterocycles. The van der Waals surface area contributed by atoms with Gasteiger partial charge in [-0.05, 0) is 59.8 Å². The Balaban J connectivity index is 1.53. The molecule has 0 aliphatic carbocycles. The van der Waals surface area contributed by atoms with E-state index in [4.69, 9.17) is 0 Å². The molecule has 0 amide bonds. The first-order valence-electron chi connectivity index (χ1n) is 11.3. The van der Waals surface area contributed by atoms with Gasteiger partial charge >= 0.3 is 12.4 Å². The third-order valence-corrected chi connectivity index (χ3v) is 6.27. The van der Waals surface area contributed by atoms with E-state index in [1.54, 1.807) is 24.5 Å². The second-order valence-electron chi connectivity index (χ2n) is 8.88. The molecular formula is C27H24F6N2O. The molecule has 0 atom stereocenters. The highest BCUT2D eigenvalue weighted by molar-refractivity contribution is 5.68. The molecule has 1 aliphatic heterocycles. The minimum Gasteiger partial charge on any atom is -0.369 e. The van der Waals surface area contributed by atoms with Crippen LogP contribution in [0.2, 0.25) is 0 Å². The van der Waals surface area contributed by atoms with Gasteiger partial charge in [0.15, 0.2) is 0 Å². The molecule has 36 heavy (non-hydrogen) atoms. The van der Waals surface area contributed by atoms with E-state index >= 15 is 0 Å². The van der Waals surface area contributed by atoms with E-state index in [1.165, 1.54) is 11.1 Å². The van der Waals surface area contributed by atoms with Gasteiger partial charge in [-0.1, -0.05) is 54.1 Å². The number of rotatable bonds is 5. The highest BCUT2D eigenvalue weighted by atomic mass is 19.4. The van der Waals surface area contributed by atoms with E-state index in [-0.39, 0.29) is 0 Å². The van der Waals surface area contributed by atoms with Crippen LogP contribution in [0.3, 0.4) is 0 Å². The zero-order valence-electron chi connectivity index (χ0n) is 19.2. The summed E-state index contributed by atoms with van der Waals surface area (Å²) >= 11 is 0. The van der Waals surface area contributed by atoms with Crippen molar-refractivity contribution in [3.8, 4) is 11.1 Å². The smallest absolute Gasteiger partial charge is 0.369 e. The third-order valence-electron chi connectivity index (χ3n) is 6.27. The first-order valence-corrected chi connectivity index (χ1v) is 11.3. The fraction of sp³-hybridized carbons (Fsp3) is 0.296. The first kappa shape index (κ1) is 25.9. The Bertz CT molecular complexity index is 1190. The Kier molecular flexibility index (Phi) is 7.24. The molecule has 4 rings (SSSR count). The lowest BCUT2D eigenvalue weighted by Crippen LogP contribution is -2.53. The molecule has 1 N–H and O–H groups in total. The van der Waals surface area contributed by atoms with E-state index in [0.29, 0.717) is 23.3 Å². The van der Waals surface area contributed by atoms with Crippen LogP contribution in [0.25, 0.3) is 17.2 Å². The fourth-order valence-electron chi connectivity index (χ4n) is 4.41. The number of nitrogens with zero attached hydrogens (tertiary/aromatic N) is 2. The van der Waals surface area contributed by atoms with Crippen molar-refractivity contribution in [2.45, 2.75) is 37.3 Å². The van der Waals surface area contributed by atoms with E-state index in [1.807, 2.05) is 24.3 Å². The lowest BCUT2D eigenvalue weighted by Gasteiger charge is -2.32. The average molecular weight is 506 g/mol. The molecule has 3 aromatic rings. The Morgan fingerprint density at radius 1 is 0.861 bits per heavy atom. The normalized spacial score (nSPS) is 16.9. The first-order chi connectivity index (χ1) is 17.0. The van der Waals surface area contributed by atoms with E-state index in [0.717, 1.165) is 50.2 Å². The summed E-state index contributed by atoms with van der Waals surface area (Å²) in [6, 6.07) is 14.9. The number of likely N-dealkylation sites (tertiary alicyclic amines) is 1. The molecule has 0 spiro atoms. The van der Waals surface area contributed by atoms with Crippen LogP contribution in [-0.4, -0.2) is 40.4 Å². The maximum absolute atomic E-state index is 13.2. The van der Waals surface area contributed by atoms with Crippen LogP contribution in [0.1, 0.15) is 29.5 Å². The monoisotopic (exact) mass is 506 g/mol. The number of alkyl halides is 6. The van der Waals surface area contributed by atoms with Gasteiger partial charge in [-0.2, -0.15) is 26.3 Å². The van der Waals surface area contributed by atoms with E-state index in [2.05, 4.69) is 16.0 Å². The number of benzene rings is 2. The van der Waals surface area contributed by atoms with Crippen molar-refractivity contribution in [3.05, 3.63) is 95.3 Å². The molecule has 190 valence electrons. The summed E-state index contributed by atoms with van der Waals surface area (Å²) in [5, 5.41) is 9.59. The van der Waals surface area contributed by atoms with Gasteiger partial charge in [0.2, 0.25) is 0 Å². The number of piperidine rings is 1. The molecule has 2 heterocycles. The predicted molar refractivity (Wildman–Crippen MR) is 125 cm³/mol. The van der Waals surface area contributed by atoms with Gasteiger partial charge in [-0.3, -0.25) is 9.88 Å². The van der Waals surface area contributed by atoms with Gasteiger partial charge in [-0.25, -0.2) is 0 Å². The third kappa shape index (κ3) is 5.47. The molecule has 1 aliphatic rings. The summed E-state index contributed by atoms with van der Waals surface area (Å²) in [6.45, 7) is 2.59. The number of aliphatic hydroxyl groups is 1. The standard InChI is InChI=1S/C27H24F6N2O/c28-26(29,30)25(36,27(31,32)33)24-8-6-22(7-9-24)23-5-1-3-20(16-23)15-21-4-2-14-35(18-21)17-19-10-12-34-13-11-19/h1,3,5-13,15-16,36H,2,4,14,17-18H2/b21-15+. The van der Waals surface area contributed by atoms with Crippen molar-refractivity contribution in [3.63, 3.8) is 0 Å². The molecule has 0 saturated carbocycles. The van der Waals surface area contributed by atoms with Crippen LogP contribution in [0.15, 0.2) is 78.6 Å². The summed E-state index contributed by atoms with van der Waals surface area (Å²) in [7, 11) is 0. The lowest BCUT2D eigenvalue weighted by molar-refractivity contribution is -0.376.